The van der Waals surface area contributed by atoms with E-state index in [9.17, 15) is 0 Å². The summed E-state index contributed by atoms with van der Waals surface area (Å²) in [5.74, 6) is 1.57. The Hall–Kier alpha value is -2.81. The lowest BCUT2D eigenvalue weighted by molar-refractivity contribution is 0.189. The standard InChI is InChI=1S/C20H26N6/c1-3-23-20(24-13-18-6-4-17(12-21)5-7-18)25-10-8-16(2)19(14-25)26-11-9-22-15-26/h4-7,9,11,15-16,19H,3,8,10,13-14H2,1-2H3,(H,23,24). The molecule has 0 spiro atoms. The van der Waals surface area contributed by atoms with Crippen LogP contribution < -0.4 is 5.32 Å². The molecule has 1 saturated heterocycles. The number of imidazole rings is 1. The number of nitrogens with zero attached hydrogens (tertiary/aromatic N) is 5. The number of hydrogen-bond acceptors (Lipinski definition) is 3. The van der Waals surface area contributed by atoms with Crippen LogP contribution in [0, 0.1) is 17.2 Å². The maximum atomic E-state index is 8.91. The van der Waals surface area contributed by atoms with Crippen LogP contribution in [-0.2, 0) is 6.54 Å². The summed E-state index contributed by atoms with van der Waals surface area (Å²) in [6.07, 6.45) is 6.93. The third-order valence-corrected chi connectivity index (χ3v) is 4.96. The first-order valence-corrected chi connectivity index (χ1v) is 9.21. The van der Waals surface area contributed by atoms with Gasteiger partial charge in [-0.05, 0) is 37.0 Å². The second-order valence-electron chi connectivity index (χ2n) is 6.77. The first-order chi connectivity index (χ1) is 12.7. The average Bonchev–Trinajstić information content (AvgIpc) is 3.20. The first kappa shape index (κ1) is 18.0. The number of hydrogen-bond donors (Lipinski definition) is 1. The lowest BCUT2D eigenvalue weighted by Crippen LogP contribution is -2.49. The summed E-state index contributed by atoms with van der Waals surface area (Å²) < 4.78 is 2.21. The van der Waals surface area contributed by atoms with Crippen LogP contribution in [0.5, 0.6) is 0 Å². The van der Waals surface area contributed by atoms with Crippen LogP contribution >= 0.6 is 0 Å². The summed E-state index contributed by atoms with van der Waals surface area (Å²) in [6, 6.07) is 10.2. The van der Waals surface area contributed by atoms with Crippen LogP contribution in [0.2, 0.25) is 0 Å². The van der Waals surface area contributed by atoms with E-state index in [1.54, 1.807) is 0 Å². The molecule has 2 unspecified atom stereocenters. The number of guanidine groups is 1. The molecule has 2 atom stereocenters. The Balaban J connectivity index is 1.72. The van der Waals surface area contributed by atoms with Crippen LogP contribution in [0.3, 0.4) is 0 Å². The maximum absolute atomic E-state index is 8.91. The van der Waals surface area contributed by atoms with Crippen LogP contribution in [-0.4, -0.2) is 40.0 Å². The molecule has 0 bridgehead atoms. The Labute approximate surface area is 155 Å². The fourth-order valence-electron chi connectivity index (χ4n) is 3.37. The predicted molar refractivity (Wildman–Crippen MR) is 103 cm³/mol. The largest absolute Gasteiger partial charge is 0.357 e. The van der Waals surface area contributed by atoms with E-state index >= 15 is 0 Å². The van der Waals surface area contributed by atoms with Crippen molar-refractivity contribution in [3.63, 3.8) is 0 Å². The highest BCUT2D eigenvalue weighted by Gasteiger charge is 2.28. The number of benzene rings is 1. The summed E-state index contributed by atoms with van der Waals surface area (Å²) in [6.45, 7) is 7.78. The van der Waals surface area contributed by atoms with Gasteiger partial charge in [0.15, 0.2) is 5.96 Å². The molecule has 0 aliphatic carbocycles. The number of likely N-dealkylation sites (tertiary alicyclic amines) is 1. The van der Waals surface area contributed by atoms with Gasteiger partial charge in [-0.25, -0.2) is 9.98 Å². The van der Waals surface area contributed by atoms with Crippen LogP contribution in [0.25, 0.3) is 0 Å². The molecule has 0 saturated carbocycles. The van der Waals surface area contributed by atoms with E-state index in [-0.39, 0.29) is 0 Å². The molecule has 136 valence electrons. The van der Waals surface area contributed by atoms with E-state index < -0.39 is 0 Å². The summed E-state index contributed by atoms with van der Waals surface area (Å²) in [7, 11) is 0. The van der Waals surface area contributed by atoms with Crippen molar-refractivity contribution in [2.45, 2.75) is 32.9 Å². The van der Waals surface area contributed by atoms with E-state index in [0.717, 1.165) is 37.6 Å². The normalized spacial score (nSPS) is 20.7. The third kappa shape index (κ3) is 4.23. The molecule has 0 amide bonds. The van der Waals surface area contributed by atoms with Crippen molar-refractivity contribution in [1.29, 1.82) is 5.26 Å². The third-order valence-electron chi connectivity index (χ3n) is 4.96. The van der Waals surface area contributed by atoms with Gasteiger partial charge in [-0.1, -0.05) is 19.1 Å². The number of aromatic nitrogens is 2. The maximum Gasteiger partial charge on any atom is 0.194 e. The topological polar surface area (TPSA) is 69.2 Å². The molecule has 6 heteroatoms. The van der Waals surface area contributed by atoms with Crippen molar-refractivity contribution in [1.82, 2.24) is 19.8 Å². The lowest BCUT2D eigenvalue weighted by Gasteiger charge is -2.39. The number of rotatable bonds is 4. The molecule has 1 fully saturated rings. The summed E-state index contributed by atoms with van der Waals surface area (Å²) in [5, 5.41) is 12.3. The first-order valence-electron chi connectivity index (χ1n) is 9.21. The monoisotopic (exact) mass is 350 g/mol. The van der Waals surface area contributed by atoms with Crippen molar-refractivity contribution in [2.75, 3.05) is 19.6 Å². The molecule has 1 aliphatic rings. The zero-order chi connectivity index (χ0) is 18.4. The Kier molecular flexibility index (Phi) is 5.90. The molecule has 2 aromatic rings. The van der Waals surface area contributed by atoms with Gasteiger partial charge >= 0.3 is 0 Å². The fourth-order valence-corrected chi connectivity index (χ4v) is 3.37. The van der Waals surface area contributed by atoms with E-state index in [1.807, 2.05) is 43.0 Å². The Morgan fingerprint density at radius 1 is 1.38 bits per heavy atom. The van der Waals surface area contributed by atoms with Gasteiger partial charge in [0.25, 0.3) is 0 Å². The smallest absolute Gasteiger partial charge is 0.194 e. The fraction of sp³-hybridized carbons (Fsp3) is 0.450. The van der Waals surface area contributed by atoms with Gasteiger partial charge in [0.2, 0.25) is 0 Å². The second-order valence-corrected chi connectivity index (χ2v) is 6.77. The Morgan fingerprint density at radius 3 is 2.85 bits per heavy atom. The molecule has 26 heavy (non-hydrogen) atoms. The molecule has 1 aliphatic heterocycles. The highest BCUT2D eigenvalue weighted by atomic mass is 15.3. The van der Waals surface area contributed by atoms with Crippen molar-refractivity contribution in [2.24, 2.45) is 10.9 Å². The van der Waals surface area contributed by atoms with Gasteiger partial charge in [-0.2, -0.15) is 5.26 Å². The molecule has 3 rings (SSSR count). The molecular weight excluding hydrogens is 324 g/mol. The zero-order valence-electron chi connectivity index (χ0n) is 15.5. The highest BCUT2D eigenvalue weighted by Crippen LogP contribution is 2.27. The molecule has 1 aromatic heterocycles. The van der Waals surface area contributed by atoms with E-state index in [0.29, 0.717) is 24.1 Å². The van der Waals surface area contributed by atoms with Gasteiger partial charge in [-0.15, -0.1) is 0 Å². The molecule has 0 radical (unpaired) electrons. The molecule has 1 N–H and O–H groups in total. The zero-order valence-corrected chi connectivity index (χ0v) is 15.5. The van der Waals surface area contributed by atoms with E-state index in [2.05, 4.69) is 39.7 Å². The summed E-state index contributed by atoms with van der Waals surface area (Å²) >= 11 is 0. The number of nitriles is 1. The van der Waals surface area contributed by atoms with Gasteiger partial charge in [0.1, 0.15) is 0 Å². The lowest BCUT2D eigenvalue weighted by atomic mass is 9.93. The minimum absolute atomic E-state index is 0.407. The number of piperidine rings is 1. The summed E-state index contributed by atoms with van der Waals surface area (Å²) in [4.78, 5) is 11.4. The van der Waals surface area contributed by atoms with Crippen molar-refractivity contribution in [3.8, 4) is 6.07 Å². The Morgan fingerprint density at radius 2 is 2.19 bits per heavy atom. The molecule has 1 aromatic carbocycles. The SMILES string of the molecule is CCNC(=NCc1ccc(C#N)cc1)N1CCC(C)C(n2ccnc2)C1. The number of nitrogens with one attached hydrogen (secondary N) is 1. The average molecular weight is 350 g/mol. The van der Waals surface area contributed by atoms with Crippen molar-refractivity contribution >= 4 is 5.96 Å². The van der Waals surface area contributed by atoms with Crippen LogP contribution in [0.4, 0.5) is 0 Å². The quantitative estimate of drug-likeness (QED) is 0.680. The van der Waals surface area contributed by atoms with Gasteiger partial charge < -0.3 is 14.8 Å². The minimum atomic E-state index is 0.407. The second kappa shape index (κ2) is 8.52. The van der Waals surface area contributed by atoms with Gasteiger partial charge in [0, 0.05) is 32.0 Å². The van der Waals surface area contributed by atoms with E-state index in [1.165, 1.54) is 0 Å². The molecule has 6 nitrogen and oxygen atoms in total. The highest BCUT2D eigenvalue weighted by molar-refractivity contribution is 5.80. The van der Waals surface area contributed by atoms with Gasteiger partial charge in [-0.3, -0.25) is 0 Å². The van der Waals surface area contributed by atoms with Gasteiger partial charge in [0.05, 0.1) is 30.5 Å². The van der Waals surface area contributed by atoms with Crippen LogP contribution in [0.15, 0.2) is 48.0 Å². The molecule has 2 heterocycles. The van der Waals surface area contributed by atoms with Crippen molar-refractivity contribution in [3.05, 3.63) is 54.1 Å². The summed E-state index contributed by atoms with van der Waals surface area (Å²) in [5.41, 5.74) is 1.79. The predicted octanol–water partition coefficient (Wildman–Crippen LogP) is 2.80. The van der Waals surface area contributed by atoms with E-state index in [4.69, 9.17) is 10.3 Å². The van der Waals surface area contributed by atoms with Crippen LogP contribution in [0.1, 0.15) is 37.4 Å². The number of aliphatic imine (C=N–C) groups is 1. The molecular formula is C20H26N6. The van der Waals surface area contributed by atoms with Crippen molar-refractivity contribution < 1.29 is 0 Å². The minimum Gasteiger partial charge on any atom is -0.357 e. The Bertz CT molecular complexity index is 757.